The maximum absolute atomic E-state index is 9.42. The molecule has 102 valence electrons. The van der Waals surface area contributed by atoms with E-state index in [0.717, 1.165) is 12.8 Å². The Kier molecular flexibility index (Phi) is 5.86. The molecule has 1 fully saturated rings. The number of nitrogens with two attached hydrogens (primary N) is 1. The Morgan fingerprint density at radius 2 is 2.12 bits per heavy atom. The standard InChI is InChI=1S/C13H28N2O2/c1-10(17-3)13(2,9-14)15-12-7-5-4-6-11(12)8-16/h10-12,15-16H,4-9,14H2,1-3H3. The van der Waals surface area contributed by atoms with E-state index in [0.29, 0.717) is 18.5 Å². The molecule has 0 bridgehead atoms. The van der Waals surface area contributed by atoms with Crippen molar-refractivity contribution in [3.8, 4) is 0 Å². The number of rotatable bonds is 6. The number of hydrogen-bond acceptors (Lipinski definition) is 4. The molecule has 1 saturated carbocycles. The highest BCUT2D eigenvalue weighted by Gasteiger charge is 2.35. The van der Waals surface area contributed by atoms with Gasteiger partial charge in [-0.1, -0.05) is 12.8 Å². The smallest absolute Gasteiger partial charge is 0.0734 e. The highest BCUT2D eigenvalue weighted by atomic mass is 16.5. The van der Waals surface area contributed by atoms with E-state index < -0.39 is 0 Å². The van der Waals surface area contributed by atoms with Gasteiger partial charge in [-0.05, 0) is 32.6 Å². The lowest BCUT2D eigenvalue weighted by Gasteiger charge is -2.42. The van der Waals surface area contributed by atoms with Gasteiger partial charge in [0, 0.05) is 26.3 Å². The zero-order chi connectivity index (χ0) is 12.9. The van der Waals surface area contributed by atoms with Gasteiger partial charge in [0.15, 0.2) is 0 Å². The second-order valence-corrected chi connectivity index (χ2v) is 5.48. The first-order valence-electron chi connectivity index (χ1n) is 6.68. The molecule has 0 heterocycles. The maximum Gasteiger partial charge on any atom is 0.0734 e. The molecule has 0 aromatic heterocycles. The van der Waals surface area contributed by atoms with Gasteiger partial charge in [-0.15, -0.1) is 0 Å². The molecule has 1 aliphatic carbocycles. The lowest BCUT2D eigenvalue weighted by Crippen LogP contribution is -2.61. The molecule has 0 aromatic rings. The van der Waals surface area contributed by atoms with Crippen molar-refractivity contribution in [3.63, 3.8) is 0 Å². The van der Waals surface area contributed by atoms with E-state index in [4.69, 9.17) is 10.5 Å². The van der Waals surface area contributed by atoms with Crippen LogP contribution in [0.2, 0.25) is 0 Å². The second kappa shape index (κ2) is 6.69. The summed E-state index contributed by atoms with van der Waals surface area (Å²) < 4.78 is 5.41. The molecule has 0 aliphatic heterocycles. The first-order chi connectivity index (χ1) is 8.07. The predicted octanol–water partition coefficient (Wildman–Crippen LogP) is 0.879. The molecule has 0 spiro atoms. The number of hydrogen-bond donors (Lipinski definition) is 3. The summed E-state index contributed by atoms with van der Waals surface area (Å²) in [6, 6.07) is 0.361. The van der Waals surface area contributed by atoms with Crippen molar-refractivity contribution in [2.24, 2.45) is 11.7 Å². The van der Waals surface area contributed by atoms with Gasteiger partial charge in [-0.25, -0.2) is 0 Å². The molecule has 0 amide bonds. The van der Waals surface area contributed by atoms with E-state index in [1.807, 2.05) is 6.92 Å². The van der Waals surface area contributed by atoms with Crippen LogP contribution in [0, 0.1) is 5.92 Å². The molecule has 17 heavy (non-hydrogen) atoms. The van der Waals surface area contributed by atoms with Crippen molar-refractivity contribution in [2.75, 3.05) is 20.3 Å². The third kappa shape index (κ3) is 3.65. The van der Waals surface area contributed by atoms with Gasteiger partial charge in [-0.2, -0.15) is 0 Å². The van der Waals surface area contributed by atoms with Gasteiger partial charge in [0.2, 0.25) is 0 Å². The molecule has 4 unspecified atom stereocenters. The van der Waals surface area contributed by atoms with Gasteiger partial charge >= 0.3 is 0 Å². The van der Waals surface area contributed by atoms with E-state index in [1.54, 1.807) is 7.11 Å². The van der Waals surface area contributed by atoms with Crippen molar-refractivity contribution in [3.05, 3.63) is 0 Å². The Hall–Kier alpha value is -0.160. The molecular weight excluding hydrogens is 216 g/mol. The Labute approximate surface area is 105 Å². The van der Waals surface area contributed by atoms with Gasteiger partial charge < -0.3 is 20.9 Å². The van der Waals surface area contributed by atoms with Crippen LogP contribution in [-0.2, 0) is 4.74 Å². The molecular formula is C13H28N2O2. The summed E-state index contributed by atoms with van der Waals surface area (Å²) in [5, 5.41) is 13.0. The summed E-state index contributed by atoms with van der Waals surface area (Å²) >= 11 is 0. The first-order valence-corrected chi connectivity index (χ1v) is 6.68. The molecule has 0 radical (unpaired) electrons. The average Bonchev–Trinajstić information content (AvgIpc) is 2.38. The molecule has 0 aromatic carbocycles. The van der Waals surface area contributed by atoms with Crippen molar-refractivity contribution < 1.29 is 9.84 Å². The van der Waals surface area contributed by atoms with Gasteiger partial charge in [0.05, 0.1) is 11.6 Å². The average molecular weight is 244 g/mol. The van der Waals surface area contributed by atoms with E-state index in [2.05, 4.69) is 12.2 Å². The third-order valence-electron chi connectivity index (χ3n) is 4.33. The fourth-order valence-electron chi connectivity index (χ4n) is 2.64. The van der Waals surface area contributed by atoms with Crippen molar-refractivity contribution in [1.29, 1.82) is 0 Å². The topological polar surface area (TPSA) is 67.5 Å². The summed E-state index contributed by atoms with van der Waals surface area (Å²) in [6.07, 6.45) is 4.75. The lowest BCUT2D eigenvalue weighted by molar-refractivity contribution is 0.0230. The summed E-state index contributed by atoms with van der Waals surface area (Å²) in [7, 11) is 1.71. The fraction of sp³-hybridized carbons (Fsp3) is 1.00. The van der Waals surface area contributed by atoms with E-state index in [-0.39, 0.29) is 18.2 Å². The molecule has 1 aliphatic rings. The second-order valence-electron chi connectivity index (χ2n) is 5.48. The highest BCUT2D eigenvalue weighted by molar-refractivity contribution is 4.95. The summed E-state index contributed by atoms with van der Waals surface area (Å²) in [5.41, 5.74) is 5.66. The van der Waals surface area contributed by atoms with E-state index in [9.17, 15) is 5.11 Å². The van der Waals surface area contributed by atoms with Gasteiger partial charge in [0.1, 0.15) is 0 Å². The first kappa shape index (κ1) is 14.9. The van der Waals surface area contributed by atoms with Gasteiger partial charge in [0.25, 0.3) is 0 Å². The van der Waals surface area contributed by atoms with Crippen LogP contribution in [0.5, 0.6) is 0 Å². The molecule has 0 saturated heterocycles. The quantitative estimate of drug-likeness (QED) is 0.649. The summed E-state index contributed by atoms with van der Waals surface area (Å²) in [6.45, 7) is 4.94. The number of aliphatic hydroxyl groups excluding tert-OH is 1. The molecule has 4 N–H and O–H groups in total. The number of nitrogens with one attached hydrogen (secondary N) is 1. The minimum Gasteiger partial charge on any atom is -0.396 e. The number of ether oxygens (including phenoxy) is 1. The Balaban J connectivity index is 2.65. The van der Waals surface area contributed by atoms with Crippen molar-refractivity contribution in [1.82, 2.24) is 5.32 Å². The van der Waals surface area contributed by atoms with Crippen LogP contribution in [-0.4, -0.2) is 43.1 Å². The Morgan fingerprint density at radius 3 is 2.65 bits per heavy atom. The molecule has 4 atom stereocenters. The number of methoxy groups -OCH3 is 1. The van der Waals surface area contributed by atoms with E-state index >= 15 is 0 Å². The largest absolute Gasteiger partial charge is 0.396 e. The molecule has 1 rings (SSSR count). The minimum absolute atomic E-state index is 0.0637. The van der Waals surface area contributed by atoms with Crippen molar-refractivity contribution in [2.45, 2.75) is 57.2 Å². The van der Waals surface area contributed by atoms with Crippen LogP contribution in [0.25, 0.3) is 0 Å². The van der Waals surface area contributed by atoms with E-state index in [1.165, 1.54) is 12.8 Å². The van der Waals surface area contributed by atoms with Crippen LogP contribution in [0.1, 0.15) is 39.5 Å². The maximum atomic E-state index is 9.42. The normalized spacial score (nSPS) is 30.9. The zero-order valence-corrected chi connectivity index (χ0v) is 11.4. The summed E-state index contributed by atoms with van der Waals surface area (Å²) in [4.78, 5) is 0. The third-order valence-corrected chi connectivity index (χ3v) is 4.33. The number of aliphatic hydroxyl groups is 1. The summed E-state index contributed by atoms with van der Waals surface area (Å²) in [5.74, 6) is 0.360. The SMILES string of the molecule is COC(C)C(C)(CN)NC1CCCCC1CO. The molecule has 4 nitrogen and oxygen atoms in total. The van der Waals surface area contributed by atoms with Gasteiger partial charge in [-0.3, -0.25) is 0 Å². The predicted molar refractivity (Wildman–Crippen MR) is 69.9 cm³/mol. The Morgan fingerprint density at radius 1 is 1.47 bits per heavy atom. The minimum atomic E-state index is -0.218. The monoisotopic (exact) mass is 244 g/mol. The van der Waals surface area contributed by atoms with Crippen LogP contribution in [0.4, 0.5) is 0 Å². The van der Waals surface area contributed by atoms with Crippen LogP contribution < -0.4 is 11.1 Å². The fourth-order valence-corrected chi connectivity index (χ4v) is 2.64. The zero-order valence-electron chi connectivity index (χ0n) is 11.4. The lowest BCUT2D eigenvalue weighted by atomic mass is 9.82. The van der Waals surface area contributed by atoms with Crippen molar-refractivity contribution >= 4 is 0 Å². The highest BCUT2D eigenvalue weighted by Crippen LogP contribution is 2.26. The van der Waals surface area contributed by atoms with Crippen LogP contribution in [0.15, 0.2) is 0 Å². The van der Waals surface area contributed by atoms with Crippen LogP contribution >= 0.6 is 0 Å². The Bertz CT molecular complexity index is 225. The van der Waals surface area contributed by atoms with Crippen LogP contribution in [0.3, 0.4) is 0 Å². The molecule has 4 heteroatoms.